The van der Waals surface area contributed by atoms with Crippen molar-refractivity contribution in [3.63, 3.8) is 0 Å². The number of hydrogen-bond donors (Lipinski definition) is 1. The van der Waals surface area contributed by atoms with Crippen molar-refractivity contribution in [1.29, 1.82) is 0 Å². The lowest BCUT2D eigenvalue weighted by molar-refractivity contribution is -0.120. The number of rotatable bonds is 5. The van der Waals surface area contributed by atoms with Crippen molar-refractivity contribution in [3.05, 3.63) is 64.7 Å². The first-order chi connectivity index (χ1) is 15.0. The predicted octanol–water partition coefficient (Wildman–Crippen LogP) is 4.56. The monoisotopic (exact) mass is 439 g/mol. The lowest BCUT2D eigenvalue weighted by Gasteiger charge is -2.34. The van der Waals surface area contributed by atoms with Gasteiger partial charge in [0, 0.05) is 6.04 Å². The summed E-state index contributed by atoms with van der Waals surface area (Å²) in [6, 6.07) is 13.2. The Kier molecular flexibility index (Phi) is 6.41. The van der Waals surface area contributed by atoms with Crippen molar-refractivity contribution in [2.24, 2.45) is 11.8 Å². The quantitative estimate of drug-likeness (QED) is 0.468. The molecule has 1 fully saturated rings. The number of nitrogens with zero attached hydrogens (tertiary/aromatic N) is 2. The number of amides is 1. The summed E-state index contributed by atoms with van der Waals surface area (Å²) in [5.74, 6) is 0.506. The van der Waals surface area contributed by atoms with Gasteiger partial charge in [0.25, 0.3) is 5.56 Å². The first kappa shape index (κ1) is 21.6. The van der Waals surface area contributed by atoms with E-state index in [-0.39, 0.29) is 28.9 Å². The van der Waals surface area contributed by atoms with E-state index in [1.807, 2.05) is 0 Å². The van der Waals surface area contributed by atoms with Gasteiger partial charge < -0.3 is 5.32 Å². The van der Waals surface area contributed by atoms with Gasteiger partial charge in [0.2, 0.25) is 5.91 Å². The lowest BCUT2D eigenvalue weighted by atomic mass is 9.78. The van der Waals surface area contributed by atoms with Crippen LogP contribution in [0.5, 0.6) is 0 Å². The van der Waals surface area contributed by atoms with Gasteiger partial charge in [-0.1, -0.05) is 62.7 Å². The fourth-order valence-electron chi connectivity index (χ4n) is 4.22. The number of nitrogens with one attached hydrogen (secondary N) is 1. The molecule has 1 amide bonds. The van der Waals surface area contributed by atoms with Gasteiger partial charge in [0.1, 0.15) is 5.82 Å². The Bertz CT molecular complexity index is 1160. The van der Waals surface area contributed by atoms with Gasteiger partial charge in [0.05, 0.1) is 22.3 Å². The average molecular weight is 440 g/mol. The molecule has 1 saturated carbocycles. The summed E-state index contributed by atoms with van der Waals surface area (Å²) in [6.07, 6.45) is 3.29. The van der Waals surface area contributed by atoms with Crippen LogP contribution in [-0.2, 0) is 4.79 Å². The second kappa shape index (κ2) is 9.22. The summed E-state index contributed by atoms with van der Waals surface area (Å²) < 4.78 is 15.8. The third-order valence-electron chi connectivity index (χ3n) is 6.22. The molecule has 5 nitrogen and oxygen atoms in total. The molecule has 3 unspecified atom stereocenters. The van der Waals surface area contributed by atoms with E-state index in [1.54, 1.807) is 42.5 Å². The molecule has 0 aliphatic heterocycles. The molecule has 2 aromatic carbocycles. The van der Waals surface area contributed by atoms with Crippen LogP contribution >= 0.6 is 11.8 Å². The minimum atomic E-state index is -0.516. The topological polar surface area (TPSA) is 64.0 Å². The summed E-state index contributed by atoms with van der Waals surface area (Å²) >= 11 is 1.15. The van der Waals surface area contributed by atoms with E-state index in [0.29, 0.717) is 27.9 Å². The summed E-state index contributed by atoms with van der Waals surface area (Å²) in [5.41, 5.74) is 0.300. The van der Waals surface area contributed by atoms with Crippen molar-refractivity contribution in [2.45, 2.75) is 44.3 Å². The van der Waals surface area contributed by atoms with Gasteiger partial charge in [-0.15, -0.1) is 0 Å². The van der Waals surface area contributed by atoms with Gasteiger partial charge in [-0.3, -0.25) is 14.2 Å². The molecule has 0 saturated heterocycles. The number of carbonyl (C=O) groups is 1. The first-order valence-corrected chi connectivity index (χ1v) is 11.6. The van der Waals surface area contributed by atoms with Crippen LogP contribution in [0.15, 0.2) is 58.5 Å². The highest BCUT2D eigenvalue weighted by Crippen LogP contribution is 2.30. The molecule has 0 spiro atoms. The minimum absolute atomic E-state index is 0.0987. The van der Waals surface area contributed by atoms with Crippen LogP contribution in [0.3, 0.4) is 0 Å². The molecule has 31 heavy (non-hydrogen) atoms. The van der Waals surface area contributed by atoms with Crippen molar-refractivity contribution >= 4 is 28.6 Å². The number of benzene rings is 2. The molecule has 3 aromatic rings. The van der Waals surface area contributed by atoms with Gasteiger partial charge in [-0.05, 0) is 42.5 Å². The van der Waals surface area contributed by atoms with Gasteiger partial charge in [0.15, 0.2) is 5.16 Å². The summed E-state index contributed by atoms with van der Waals surface area (Å²) in [7, 11) is 0. The molecule has 1 N–H and O–H groups in total. The van der Waals surface area contributed by atoms with Crippen LogP contribution in [0.2, 0.25) is 0 Å². The molecule has 3 atom stereocenters. The fraction of sp³-hybridized carbons (Fsp3) is 0.375. The van der Waals surface area contributed by atoms with Crippen molar-refractivity contribution in [3.8, 4) is 5.69 Å². The van der Waals surface area contributed by atoms with Crippen LogP contribution in [0.25, 0.3) is 16.6 Å². The normalized spacial score (nSPS) is 21.2. The third-order valence-corrected chi connectivity index (χ3v) is 7.16. The second-order valence-corrected chi connectivity index (χ2v) is 9.18. The van der Waals surface area contributed by atoms with Gasteiger partial charge in [-0.25, -0.2) is 9.37 Å². The maximum Gasteiger partial charge on any atom is 0.266 e. The molecule has 1 aliphatic rings. The molecule has 0 radical (unpaired) electrons. The van der Waals surface area contributed by atoms with Crippen LogP contribution in [0.1, 0.15) is 33.1 Å². The first-order valence-electron chi connectivity index (χ1n) is 10.6. The van der Waals surface area contributed by atoms with Crippen LogP contribution in [0, 0.1) is 17.7 Å². The largest absolute Gasteiger partial charge is 0.352 e. The van der Waals surface area contributed by atoms with Crippen molar-refractivity contribution in [1.82, 2.24) is 14.9 Å². The maximum absolute atomic E-state index is 14.5. The lowest BCUT2D eigenvalue weighted by Crippen LogP contribution is -2.44. The molecule has 162 valence electrons. The Balaban J connectivity index is 1.62. The Morgan fingerprint density at radius 2 is 1.90 bits per heavy atom. The standard InChI is InChI=1S/C24H26FN3O2S/c1-15-8-7-12-19(16(15)2)26-22(29)14-31-24-27-20-11-5-3-9-17(20)23(30)28(24)21-13-6-4-10-18(21)25/h3-6,9-11,13,15-16,19H,7-8,12,14H2,1-2H3,(H,26,29). The number of fused-ring (bicyclic) bond motifs is 1. The summed E-state index contributed by atoms with van der Waals surface area (Å²) in [4.78, 5) is 30.4. The number of carbonyl (C=O) groups excluding carboxylic acids is 1. The Hall–Kier alpha value is -2.67. The Morgan fingerprint density at radius 3 is 2.71 bits per heavy atom. The third kappa shape index (κ3) is 4.51. The predicted molar refractivity (Wildman–Crippen MR) is 122 cm³/mol. The highest BCUT2D eigenvalue weighted by atomic mass is 32.2. The molecule has 1 heterocycles. The summed E-state index contributed by atoms with van der Waals surface area (Å²) in [6.45, 7) is 4.41. The van der Waals surface area contributed by atoms with Gasteiger partial charge >= 0.3 is 0 Å². The van der Waals surface area contributed by atoms with E-state index in [2.05, 4.69) is 24.1 Å². The Labute approximate surface area is 185 Å². The van der Waals surface area contributed by atoms with Crippen molar-refractivity contribution < 1.29 is 9.18 Å². The zero-order valence-electron chi connectivity index (χ0n) is 17.7. The smallest absolute Gasteiger partial charge is 0.266 e. The second-order valence-electron chi connectivity index (χ2n) is 8.23. The van der Waals surface area contributed by atoms with Crippen molar-refractivity contribution in [2.75, 3.05) is 5.75 Å². The van der Waals surface area contributed by atoms with Gasteiger partial charge in [-0.2, -0.15) is 0 Å². The average Bonchev–Trinajstić information content (AvgIpc) is 2.76. The zero-order chi connectivity index (χ0) is 22.0. The number of hydrogen-bond acceptors (Lipinski definition) is 4. The number of thioether (sulfide) groups is 1. The van der Waals surface area contributed by atoms with E-state index in [9.17, 15) is 14.0 Å². The molecule has 0 bridgehead atoms. The molecule has 7 heteroatoms. The van der Waals surface area contributed by atoms with E-state index >= 15 is 0 Å². The van der Waals surface area contributed by atoms with Crippen LogP contribution in [0.4, 0.5) is 4.39 Å². The fourth-order valence-corrected chi connectivity index (χ4v) is 5.04. The van der Waals surface area contributed by atoms with E-state index in [0.717, 1.165) is 24.6 Å². The SMILES string of the molecule is CC1CCCC(NC(=O)CSc2nc3ccccc3c(=O)n2-c2ccccc2F)C1C. The van der Waals surface area contributed by atoms with Crippen LogP contribution < -0.4 is 10.9 Å². The van der Waals surface area contributed by atoms with E-state index < -0.39 is 5.82 Å². The van der Waals surface area contributed by atoms with Crippen LogP contribution in [-0.4, -0.2) is 27.3 Å². The molecular formula is C24H26FN3O2S. The Morgan fingerprint density at radius 1 is 1.16 bits per heavy atom. The highest BCUT2D eigenvalue weighted by molar-refractivity contribution is 7.99. The molecular weight excluding hydrogens is 413 g/mol. The van der Waals surface area contributed by atoms with E-state index in [4.69, 9.17) is 0 Å². The summed E-state index contributed by atoms with van der Waals surface area (Å²) in [5, 5.41) is 3.85. The molecule has 1 aromatic heterocycles. The number of halogens is 1. The molecule has 4 rings (SSSR count). The molecule has 1 aliphatic carbocycles. The highest BCUT2D eigenvalue weighted by Gasteiger charge is 2.28. The maximum atomic E-state index is 14.5. The number of para-hydroxylation sites is 2. The zero-order valence-corrected chi connectivity index (χ0v) is 18.5. The van der Waals surface area contributed by atoms with E-state index in [1.165, 1.54) is 17.1 Å². The number of aromatic nitrogens is 2. The minimum Gasteiger partial charge on any atom is -0.352 e.